The predicted octanol–water partition coefficient (Wildman–Crippen LogP) is 2.68. The number of para-hydroxylation sites is 1. The van der Waals surface area contributed by atoms with Gasteiger partial charge >= 0.3 is 0 Å². The lowest BCUT2D eigenvalue weighted by molar-refractivity contribution is 0.0690. The minimum absolute atomic E-state index is 0.244. The molecule has 0 radical (unpaired) electrons. The molecule has 0 saturated heterocycles. The second-order valence-electron chi connectivity index (χ2n) is 5.85. The van der Waals surface area contributed by atoms with Crippen molar-refractivity contribution in [3.05, 3.63) is 29.3 Å². The maximum Gasteiger partial charge on any atom is 0.186 e. The molecule has 1 fully saturated rings. The van der Waals surface area contributed by atoms with Crippen molar-refractivity contribution in [3.8, 4) is 5.75 Å². The Balaban J connectivity index is 2.02. The molecule has 0 unspecified atom stereocenters. The number of rotatable bonds is 3. The van der Waals surface area contributed by atoms with E-state index in [0.717, 1.165) is 43.4 Å². The first-order valence-electron chi connectivity index (χ1n) is 7.12. The maximum absolute atomic E-state index is 13.0. The van der Waals surface area contributed by atoms with Gasteiger partial charge in [-0.2, -0.15) is 0 Å². The summed E-state index contributed by atoms with van der Waals surface area (Å²) in [6.07, 6.45) is 5.12. The summed E-state index contributed by atoms with van der Waals surface area (Å²) in [7, 11) is 4.04. The van der Waals surface area contributed by atoms with E-state index in [-0.39, 0.29) is 11.3 Å². The molecular formula is C16H21NO2. The summed E-state index contributed by atoms with van der Waals surface area (Å²) in [5, 5.41) is 0. The summed E-state index contributed by atoms with van der Waals surface area (Å²) in [4.78, 5) is 15.2. The van der Waals surface area contributed by atoms with Crippen molar-refractivity contribution >= 4 is 5.78 Å². The Bertz CT molecular complexity index is 501. The molecular weight excluding hydrogens is 238 g/mol. The molecule has 102 valence electrons. The topological polar surface area (TPSA) is 29.5 Å². The van der Waals surface area contributed by atoms with Gasteiger partial charge < -0.3 is 4.74 Å². The molecule has 3 nitrogen and oxygen atoms in total. The highest BCUT2D eigenvalue weighted by molar-refractivity contribution is 6.06. The van der Waals surface area contributed by atoms with E-state index >= 15 is 0 Å². The van der Waals surface area contributed by atoms with E-state index in [1.54, 1.807) is 0 Å². The van der Waals surface area contributed by atoms with Crippen LogP contribution in [-0.4, -0.2) is 36.9 Å². The highest BCUT2D eigenvalue weighted by atomic mass is 16.5. The van der Waals surface area contributed by atoms with Crippen molar-refractivity contribution < 1.29 is 9.53 Å². The number of fused-ring (bicyclic) bond motifs is 1. The van der Waals surface area contributed by atoms with E-state index in [4.69, 9.17) is 4.74 Å². The average molecular weight is 259 g/mol. The summed E-state index contributed by atoms with van der Waals surface area (Å²) >= 11 is 0. The van der Waals surface area contributed by atoms with Crippen LogP contribution in [0.4, 0.5) is 0 Å². The van der Waals surface area contributed by atoms with Crippen molar-refractivity contribution in [1.82, 2.24) is 4.90 Å². The highest BCUT2D eigenvalue weighted by Gasteiger charge is 2.44. The predicted molar refractivity (Wildman–Crippen MR) is 74.9 cm³/mol. The first-order chi connectivity index (χ1) is 9.15. The second-order valence-corrected chi connectivity index (χ2v) is 5.85. The van der Waals surface area contributed by atoms with Crippen molar-refractivity contribution in [1.29, 1.82) is 0 Å². The molecule has 1 heterocycles. The normalized spacial score (nSPS) is 20.4. The fraction of sp³-hybridized carbons (Fsp3) is 0.562. The van der Waals surface area contributed by atoms with Gasteiger partial charge in [0.25, 0.3) is 0 Å². The van der Waals surface area contributed by atoms with E-state index < -0.39 is 0 Å². The van der Waals surface area contributed by atoms with E-state index in [1.165, 1.54) is 5.56 Å². The van der Waals surface area contributed by atoms with Gasteiger partial charge in [0.1, 0.15) is 5.75 Å². The molecule has 1 saturated carbocycles. The van der Waals surface area contributed by atoms with Crippen LogP contribution < -0.4 is 4.74 Å². The fourth-order valence-electron chi connectivity index (χ4n) is 3.48. The number of carbonyl (C=O) groups is 1. The van der Waals surface area contributed by atoms with Gasteiger partial charge in [0.15, 0.2) is 5.78 Å². The van der Waals surface area contributed by atoms with Gasteiger partial charge in [0, 0.05) is 6.42 Å². The molecule has 0 bridgehead atoms. The highest BCUT2D eigenvalue weighted by Crippen LogP contribution is 2.40. The number of ketones is 1. The van der Waals surface area contributed by atoms with Crippen molar-refractivity contribution in [3.63, 3.8) is 0 Å². The largest absolute Gasteiger partial charge is 0.492 e. The van der Waals surface area contributed by atoms with Crippen LogP contribution in [0.2, 0.25) is 0 Å². The molecule has 0 N–H and O–H groups in total. The van der Waals surface area contributed by atoms with Gasteiger partial charge in [-0.15, -0.1) is 0 Å². The molecule has 1 aromatic carbocycles. The summed E-state index contributed by atoms with van der Waals surface area (Å²) < 4.78 is 5.70. The summed E-state index contributed by atoms with van der Waals surface area (Å²) in [6, 6.07) is 5.98. The Kier molecular flexibility index (Phi) is 3.09. The molecule has 0 atom stereocenters. The number of ether oxygens (including phenoxy) is 1. The number of benzene rings is 1. The fourth-order valence-corrected chi connectivity index (χ4v) is 3.48. The number of hydrogen-bond acceptors (Lipinski definition) is 3. The van der Waals surface area contributed by atoms with Gasteiger partial charge in [-0.05, 0) is 38.6 Å². The molecule has 0 aromatic heterocycles. The van der Waals surface area contributed by atoms with Crippen LogP contribution in [0.3, 0.4) is 0 Å². The molecule has 1 aromatic rings. The Hall–Kier alpha value is -1.35. The van der Waals surface area contributed by atoms with E-state index in [1.807, 2.05) is 26.2 Å². The van der Waals surface area contributed by atoms with Gasteiger partial charge in [0.05, 0.1) is 17.7 Å². The Morgan fingerprint density at radius 2 is 2.00 bits per heavy atom. The smallest absolute Gasteiger partial charge is 0.186 e. The summed E-state index contributed by atoms with van der Waals surface area (Å²) in [5.41, 5.74) is 1.64. The van der Waals surface area contributed by atoms with E-state index in [9.17, 15) is 4.79 Å². The second kappa shape index (κ2) is 4.64. The zero-order chi connectivity index (χ0) is 13.5. The van der Waals surface area contributed by atoms with Gasteiger partial charge in [-0.25, -0.2) is 0 Å². The number of likely N-dealkylation sites (N-methyl/N-ethyl adjacent to an activating group) is 1. The summed E-state index contributed by atoms with van der Waals surface area (Å²) in [5.74, 6) is 1.08. The zero-order valence-electron chi connectivity index (χ0n) is 11.7. The Morgan fingerprint density at radius 1 is 1.26 bits per heavy atom. The van der Waals surface area contributed by atoms with Crippen LogP contribution in [-0.2, 0) is 6.42 Å². The molecule has 3 rings (SSSR count). The standard InChI is InChI=1S/C16H21NO2/c1-17(2)16(9-3-4-10-16)15(18)13-7-5-6-12-8-11-19-14(12)13/h5-7H,3-4,8-11H2,1-2H3. The van der Waals surface area contributed by atoms with Gasteiger partial charge in [0.2, 0.25) is 0 Å². The third-order valence-electron chi connectivity index (χ3n) is 4.67. The zero-order valence-corrected chi connectivity index (χ0v) is 11.7. The SMILES string of the molecule is CN(C)C1(C(=O)c2cccc3c2OCC3)CCCC1. The molecule has 3 heteroatoms. The minimum atomic E-state index is -0.318. The monoisotopic (exact) mass is 259 g/mol. The first kappa shape index (κ1) is 12.7. The van der Waals surface area contributed by atoms with Crippen LogP contribution in [0.15, 0.2) is 18.2 Å². The lowest BCUT2D eigenvalue weighted by Gasteiger charge is -2.35. The summed E-state index contributed by atoms with van der Waals surface area (Å²) in [6.45, 7) is 0.703. The quantitative estimate of drug-likeness (QED) is 0.782. The van der Waals surface area contributed by atoms with Crippen LogP contribution in [0.5, 0.6) is 5.75 Å². The molecule has 19 heavy (non-hydrogen) atoms. The van der Waals surface area contributed by atoms with Crippen LogP contribution >= 0.6 is 0 Å². The number of nitrogens with zero attached hydrogens (tertiary/aromatic N) is 1. The minimum Gasteiger partial charge on any atom is -0.492 e. The van der Waals surface area contributed by atoms with Gasteiger partial charge in [-0.3, -0.25) is 9.69 Å². The third kappa shape index (κ3) is 1.88. The van der Waals surface area contributed by atoms with Crippen LogP contribution in [0.25, 0.3) is 0 Å². The maximum atomic E-state index is 13.0. The van der Waals surface area contributed by atoms with Gasteiger partial charge in [-0.1, -0.05) is 25.0 Å². The lowest BCUT2D eigenvalue weighted by Crippen LogP contribution is -2.49. The molecule has 1 aliphatic heterocycles. The average Bonchev–Trinajstić information content (AvgIpc) is 3.06. The van der Waals surface area contributed by atoms with Crippen molar-refractivity contribution in [2.45, 2.75) is 37.6 Å². The molecule has 1 aliphatic carbocycles. The van der Waals surface area contributed by atoms with Crippen molar-refractivity contribution in [2.24, 2.45) is 0 Å². The molecule has 0 amide bonds. The van der Waals surface area contributed by atoms with Crippen LogP contribution in [0, 0.1) is 0 Å². The number of carbonyl (C=O) groups excluding carboxylic acids is 1. The van der Waals surface area contributed by atoms with Crippen LogP contribution in [0.1, 0.15) is 41.6 Å². The third-order valence-corrected chi connectivity index (χ3v) is 4.67. The number of hydrogen-bond donors (Lipinski definition) is 0. The molecule has 2 aliphatic rings. The Labute approximate surface area is 114 Å². The van der Waals surface area contributed by atoms with Crippen molar-refractivity contribution in [2.75, 3.05) is 20.7 Å². The molecule has 0 spiro atoms. The van der Waals surface area contributed by atoms with E-state index in [2.05, 4.69) is 11.0 Å². The van der Waals surface area contributed by atoms with E-state index in [0.29, 0.717) is 6.61 Å². The Morgan fingerprint density at radius 3 is 2.68 bits per heavy atom. The lowest BCUT2D eigenvalue weighted by atomic mass is 9.85. The first-order valence-corrected chi connectivity index (χ1v) is 7.12. The number of Topliss-reactive ketones (excluding diaryl/α,β-unsaturated/α-hetero) is 1.